The first-order chi connectivity index (χ1) is 16.3. The fourth-order valence-corrected chi connectivity index (χ4v) is 4.53. The Bertz CT molecular complexity index is 1190. The molecule has 0 unspecified atom stereocenters. The van der Waals surface area contributed by atoms with Gasteiger partial charge in [-0.1, -0.05) is 20.8 Å². The molecule has 0 aliphatic carbocycles. The second-order valence-electron chi connectivity index (χ2n) is 8.56. The van der Waals surface area contributed by atoms with Crippen LogP contribution >= 0.6 is 15.6 Å². The molecule has 0 saturated carbocycles. The zero-order chi connectivity index (χ0) is 26.6. The van der Waals surface area contributed by atoms with Crippen molar-refractivity contribution in [3.8, 4) is 5.75 Å². The first-order valence-corrected chi connectivity index (χ1v) is 13.5. The normalized spacial score (nSPS) is 13.1. The predicted molar refractivity (Wildman–Crippen MR) is 134 cm³/mol. The molecule has 0 aliphatic heterocycles. The van der Waals surface area contributed by atoms with Crippen LogP contribution in [0.5, 0.6) is 5.75 Å². The van der Waals surface area contributed by atoms with E-state index in [2.05, 4.69) is 0 Å². The maximum Gasteiger partial charge on any atom is 0.529 e. The van der Waals surface area contributed by atoms with Gasteiger partial charge < -0.3 is 13.8 Å². The summed E-state index contributed by atoms with van der Waals surface area (Å²) in [5.41, 5.74) is 1.06. The maximum atomic E-state index is 12.8. The second kappa shape index (κ2) is 11.3. The highest BCUT2D eigenvalue weighted by Gasteiger charge is 2.33. The molecule has 0 fully saturated rings. The molecule has 11 nitrogen and oxygen atoms in total. The minimum Gasteiger partial charge on any atom is -0.497 e. The number of methoxy groups -OCH3 is 1. The lowest BCUT2D eigenvalue weighted by Crippen LogP contribution is -2.14. The summed E-state index contributed by atoms with van der Waals surface area (Å²) in [5.74, 6) is 1.08. The van der Waals surface area contributed by atoms with Crippen LogP contribution in [0.1, 0.15) is 40.3 Å². The number of ether oxygens (including phenoxy) is 1. The Morgan fingerprint density at radius 3 is 1.91 bits per heavy atom. The summed E-state index contributed by atoms with van der Waals surface area (Å²) in [6.45, 7) is 9.19. The van der Waals surface area contributed by atoms with Gasteiger partial charge in [0.1, 0.15) is 17.2 Å². The van der Waals surface area contributed by atoms with Gasteiger partial charge in [-0.3, -0.25) is 18.1 Å². The van der Waals surface area contributed by atoms with Crippen LogP contribution in [-0.2, 0) is 36.3 Å². The van der Waals surface area contributed by atoms with Gasteiger partial charge in [0.2, 0.25) is 0 Å². The van der Waals surface area contributed by atoms with Crippen LogP contribution in [0.15, 0.2) is 29.5 Å². The van der Waals surface area contributed by atoms with E-state index in [4.69, 9.17) is 37.0 Å². The lowest BCUT2D eigenvalue weighted by Gasteiger charge is -2.25. The monoisotopic (exact) mass is 532 g/mol. The lowest BCUT2D eigenvalue weighted by atomic mass is 9.94. The van der Waals surface area contributed by atoms with E-state index in [-0.39, 0.29) is 11.5 Å². The summed E-state index contributed by atoms with van der Waals surface area (Å²) < 4.78 is 63.7. The molecule has 0 spiro atoms. The summed E-state index contributed by atoms with van der Waals surface area (Å²) >= 11 is 0. The summed E-state index contributed by atoms with van der Waals surface area (Å²) in [6, 6.07) is 5.33. The highest BCUT2D eigenvalue weighted by atomic mass is 31.2. The molecular formula is C22H34N2O9P2. The molecule has 0 radical (unpaired) electrons. The van der Waals surface area contributed by atoms with Crippen LogP contribution in [0.3, 0.4) is 0 Å². The van der Waals surface area contributed by atoms with E-state index in [1.807, 2.05) is 20.8 Å². The SMILES string of the molecule is COc1ccc2c(C(OP(=O)(OC)OC)=C(C)C)nn(/C=C(/OP(=O)(OC)OC)C(C)(C)C)c2c1. The van der Waals surface area contributed by atoms with Crippen molar-refractivity contribution < 1.29 is 41.0 Å². The van der Waals surface area contributed by atoms with Gasteiger partial charge in [-0.05, 0) is 31.6 Å². The summed E-state index contributed by atoms with van der Waals surface area (Å²) in [7, 11) is -1.24. The van der Waals surface area contributed by atoms with Crippen molar-refractivity contribution in [1.82, 2.24) is 9.78 Å². The van der Waals surface area contributed by atoms with Crippen LogP contribution in [-0.4, -0.2) is 45.3 Å². The van der Waals surface area contributed by atoms with Crippen LogP contribution in [0.4, 0.5) is 0 Å². The third kappa shape index (κ3) is 6.76. The molecular weight excluding hydrogens is 498 g/mol. The average Bonchev–Trinajstić information content (AvgIpc) is 3.18. The number of fused-ring (bicyclic) bond motifs is 1. The molecule has 2 rings (SSSR count). The van der Waals surface area contributed by atoms with Gasteiger partial charge in [0.05, 0.1) is 18.8 Å². The molecule has 1 aromatic carbocycles. The Balaban J connectivity index is 2.84. The standard InChI is InChI=1S/C22H34N2O9P2/c1-15(2)21(33-35(26,30-9)31-10)20-17-12-11-16(27-6)13-18(17)24(23-20)14-19(22(3,4)5)32-34(25,28-7)29-8/h11-14H,1-10H3/b19-14+. The molecule has 196 valence electrons. The Morgan fingerprint density at radius 2 is 1.46 bits per heavy atom. The van der Waals surface area contributed by atoms with E-state index < -0.39 is 21.1 Å². The Hall–Kier alpha value is -2.13. The summed E-state index contributed by atoms with van der Waals surface area (Å²) in [5, 5.41) is 5.35. The Labute approximate surface area is 206 Å². The van der Waals surface area contributed by atoms with Gasteiger partial charge in [-0.15, -0.1) is 0 Å². The third-order valence-corrected chi connectivity index (χ3v) is 7.49. The van der Waals surface area contributed by atoms with Crippen molar-refractivity contribution in [1.29, 1.82) is 0 Å². The molecule has 1 aromatic heterocycles. The first kappa shape index (κ1) is 29.1. The van der Waals surface area contributed by atoms with Gasteiger partial charge in [0.15, 0.2) is 5.76 Å². The Morgan fingerprint density at radius 1 is 0.914 bits per heavy atom. The number of allylic oxidation sites excluding steroid dienone is 2. The maximum absolute atomic E-state index is 12.8. The molecule has 0 N–H and O–H groups in total. The number of hydrogen-bond donors (Lipinski definition) is 0. The molecule has 0 atom stereocenters. The second-order valence-corrected chi connectivity index (χ2v) is 12.2. The lowest BCUT2D eigenvalue weighted by molar-refractivity contribution is 0.160. The van der Waals surface area contributed by atoms with Crippen molar-refractivity contribution in [2.75, 3.05) is 35.5 Å². The number of nitrogens with zero attached hydrogens (tertiary/aromatic N) is 2. The quantitative estimate of drug-likeness (QED) is 0.235. The number of rotatable bonds is 11. The van der Waals surface area contributed by atoms with Crippen LogP contribution < -0.4 is 4.74 Å². The van der Waals surface area contributed by atoms with Gasteiger partial charge in [0.25, 0.3) is 0 Å². The Kier molecular flexibility index (Phi) is 9.39. The van der Waals surface area contributed by atoms with Crippen molar-refractivity contribution in [3.05, 3.63) is 35.2 Å². The largest absolute Gasteiger partial charge is 0.529 e. The zero-order valence-electron chi connectivity index (χ0n) is 21.8. The highest BCUT2D eigenvalue weighted by molar-refractivity contribution is 7.49. The topological polar surface area (TPSA) is 117 Å². The van der Waals surface area contributed by atoms with Crippen LogP contribution in [0.2, 0.25) is 0 Å². The van der Waals surface area contributed by atoms with Crippen molar-refractivity contribution in [3.63, 3.8) is 0 Å². The molecule has 1 heterocycles. The molecule has 0 saturated heterocycles. The molecule has 0 bridgehead atoms. The minimum absolute atomic E-state index is 0.219. The fourth-order valence-electron chi connectivity index (χ4n) is 2.88. The number of hydrogen-bond acceptors (Lipinski definition) is 10. The minimum atomic E-state index is -3.87. The molecule has 35 heavy (non-hydrogen) atoms. The number of benzene rings is 1. The van der Waals surface area contributed by atoms with E-state index in [0.29, 0.717) is 27.9 Å². The van der Waals surface area contributed by atoms with Gasteiger partial charge in [-0.2, -0.15) is 5.10 Å². The number of phosphoric acid groups is 2. The predicted octanol–water partition coefficient (Wildman–Crippen LogP) is 6.48. The smallest absolute Gasteiger partial charge is 0.497 e. The van der Waals surface area contributed by atoms with E-state index >= 15 is 0 Å². The fraction of sp³-hybridized carbons (Fsp3) is 0.500. The van der Waals surface area contributed by atoms with E-state index in [0.717, 1.165) is 0 Å². The summed E-state index contributed by atoms with van der Waals surface area (Å²) in [6.07, 6.45) is 1.57. The molecule has 0 aliphatic rings. The average molecular weight is 532 g/mol. The van der Waals surface area contributed by atoms with E-state index in [1.54, 1.807) is 45.4 Å². The van der Waals surface area contributed by atoms with Gasteiger partial charge >= 0.3 is 15.6 Å². The molecule has 0 amide bonds. The molecule has 2 aromatic rings. The number of aromatic nitrogens is 2. The molecule has 13 heteroatoms. The number of phosphoric ester groups is 2. The van der Waals surface area contributed by atoms with Crippen molar-refractivity contribution >= 4 is 38.5 Å². The first-order valence-electron chi connectivity index (χ1n) is 10.5. The third-order valence-electron chi connectivity index (χ3n) is 4.87. The van der Waals surface area contributed by atoms with Gasteiger partial charge in [0, 0.05) is 45.3 Å². The van der Waals surface area contributed by atoms with Crippen LogP contribution in [0, 0.1) is 5.41 Å². The van der Waals surface area contributed by atoms with E-state index in [9.17, 15) is 9.13 Å². The van der Waals surface area contributed by atoms with Gasteiger partial charge in [-0.25, -0.2) is 13.8 Å². The zero-order valence-corrected chi connectivity index (χ0v) is 23.6. The highest BCUT2D eigenvalue weighted by Crippen LogP contribution is 2.53. The summed E-state index contributed by atoms with van der Waals surface area (Å²) in [4.78, 5) is 0. The van der Waals surface area contributed by atoms with Crippen LogP contribution in [0.25, 0.3) is 22.9 Å². The van der Waals surface area contributed by atoms with Crippen molar-refractivity contribution in [2.24, 2.45) is 5.41 Å². The van der Waals surface area contributed by atoms with Crippen molar-refractivity contribution in [2.45, 2.75) is 34.6 Å². The van der Waals surface area contributed by atoms with E-state index in [1.165, 1.54) is 33.1 Å².